The van der Waals surface area contributed by atoms with Crippen LogP contribution in [0.1, 0.15) is 40.7 Å². The summed E-state index contributed by atoms with van der Waals surface area (Å²) in [5, 5.41) is 12.0. The van der Waals surface area contributed by atoms with E-state index in [1.54, 1.807) is 13.0 Å². The van der Waals surface area contributed by atoms with Gasteiger partial charge in [0.15, 0.2) is 0 Å². The maximum Gasteiger partial charge on any atom is 0.254 e. The topological polar surface area (TPSA) is 69.6 Å². The van der Waals surface area contributed by atoms with E-state index in [9.17, 15) is 19.1 Å². The fourth-order valence-electron chi connectivity index (χ4n) is 5.32. The number of amides is 2. The molecule has 2 aromatic rings. The summed E-state index contributed by atoms with van der Waals surface area (Å²) in [4.78, 5) is 28.5. The number of carbonyl (C=O) groups excluding carboxylic acids is 2. The third-order valence-electron chi connectivity index (χ3n) is 6.48. The van der Waals surface area contributed by atoms with Gasteiger partial charge in [-0.1, -0.05) is 30.3 Å². The lowest BCUT2D eigenvalue weighted by Gasteiger charge is -2.36. The molecule has 2 amide bonds. The fraction of sp³-hybridized carbons (Fsp3) is 0.417. The number of aliphatic hydroxyl groups is 1. The third-order valence-corrected chi connectivity index (χ3v) is 6.48. The Balaban J connectivity index is 1.68. The Hall–Kier alpha value is -2.73. The Morgan fingerprint density at radius 3 is 2.67 bits per heavy atom. The molecule has 2 saturated heterocycles. The number of hydrogen-bond donors (Lipinski definition) is 2. The van der Waals surface area contributed by atoms with Crippen LogP contribution < -0.4 is 5.32 Å². The molecule has 6 heteroatoms. The van der Waals surface area contributed by atoms with E-state index >= 15 is 0 Å². The molecule has 4 rings (SSSR count). The van der Waals surface area contributed by atoms with Crippen LogP contribution in [0.3, 0.4) is 0 Å². The van der Waals surface area contributed by atoms with Crippen molar-refractivity contribution in [2.24, 2.45) is 5.41 Å². The summed E-state index contributed by atoms with van der Waals surface area (Å²) in [6.07, 6.45) is 2.68. The largest absolute Gasteiger partial charge is 0.395 e. The second-order valence-electron chi connectivity index (χ2n) is 8.48. The molecule has 0 aliphatic carbocycles. The summed E-state index contributed by atoms with van der Waals surface area (Å²) in [7, 11) is 0. The van der Waals surface area contributed by atoms with E-state index in [1.165, 1.54) is 12.1 Å². The van der Waals surface area contributed by atoms with Crippen molar-refractivity contribution >= 4 is 11.8 Å². The van der Waals surface area contributed by atoms with Crippen molar-refractivity contribution in [2.45, 2.75) is 44.7 Å². The van der Waals surface area contributed by atoms with E-state index in [2.05, 4.69) is 5.32 Å². The molecule has 0 radical (unpaired) electrons. The van der Waals surface area contributed by atoms with Gasteiger partial charge in [-0.25, -0.2) is 4.39 Å². The molecule has 2 fully saturated rings. The lowest BCUT2D eigenvalue weighted by Crippen LogP contribution is -2.51. The zero-order valence-electron chi connectivity index (χ0n) is 17.1. The first-order chi connectivity index (χ1) is 14.4. The first-order valence-electron chi connectivity index (χ1n) is 10.5. The number of fused-ring (bicyclic) bond motifs is 2. The minimum Gasteiger partial charge on any atom is -0.395 e. The predicted molar refractivity (Wildman–Crippen MR) is 111 cm³/mol. The van der Waals surface area contributed by atoms with E-state index in [0.717, 1.165) is 18.4 Å². The smallest absolute Gasteiger partial charge is 0.254 e. The van der Waals surface area contributed by atoms with Gasteiger partial charge in [-0.05, 0) is 61.9 Å². The van der Waals surface area contributed by atoms with Gasteiger partial charge < -0.3 is 15.3 Å². The van der Waals surface area contributed by atoms with Gasteiger partial charge in [0.1, 0.15) is 5.82 Å². The molecule has 2 aliphatic rings. The van der Waals surface area contributed by atoms with Crippen LogP contribution >= 0.6 is 0 Å². The quantitative estimate of drug-likeness (QED) is 0.770. The van der Waals surface area contributed by atoms with Crippen molar-refractivity contribution in [1.82, 2.24) is 10.2 Å². The molecule has 2 N–H and O–H groups in total. The second-order valence-corrected chi connectivity index (χ2v) is 8.48. The molecule has 5 nitrogen and oxygen atoms in total. The first-order valence-corrected chi connectivity index (χ1v) is 10.5. The molecule has 2 heterocycles. The molecule has 30 heavy (non-hydrogen) atoms. The SMILES string of the molecule is Cc1cc(F)cc(C(=O)N2[C@@H]3CC[C@H]2[C@@](Cc2ccccc2)(C(=O)NCCO)C3)c1. The Kier molecular flexibility index (Phi) is 5.60. The van der Waals surface area contributed by atoms with Gasteiger partial charge in [0.05, 0.1) is 12.0 Å². The highest BCUT2D eigenvalue weighted by Crippen LogP contribution is 2.52. The van der Waals surface area contributed by atoms with Gasteiger partial charge >= 0.3 is 0 Å². The average Bonchev–Trinajstić information content (AvgIpc) is 3.27. The lowest BCUT2D eigenvalue weighted by atomic mass is 9.69. The summed E-state index contributed by atoms with van der Waals surface area (Å²) >= 11 is 0. The fourth-order valence-corrected chi connectivity index (χ4v) is 5.32. The Morgan fingerprint density at radius 2 is 1.97 bits per heavy atom. The molecule has 0 aromatic heterocycles. The summed E-state index contributed by atoms with van der Waals surface area (Å²) in [6.45, 7) is 1.82. The highest BCUT2D eigenvalue weighted by atomic mass is 19.1. The van der Waals surface area contributed by atoms with E-state index in [0.29, 0.717) is 24.0 Å². The van der Waals surface area contributed by atoms with Crippen molar-refractivity contribution in [3.05, 3.63) is 71.0 Å². The molecule has 158 valence electrons. The van der Waals surface area contributed by atoms with Crippen LogP contribution in [0, 0.1) is 18.2 Å². The number of aliphatic hydroxyl groups excluding tert-OH is 1. The second kappa shape index (κ2) is 8.19. The molecule has 2 aliphatic heterocycles. The highest BCUT2D eigenvalue weighted by Gasteiger charge is 2.61. The van der Waals surface area contributed by atoms with Gasteiger partial charge in [0.25, 0.3) is 5.91 Å². The number of benzene rings is 2. The van der Waals surface area contributed by atoms with Crippen molar-refractivity contribution in [1.29, 1.82) is 0 Å². The Morgan fingerprint density at radius 1 is 1.20 bits per heavy atom. The van der Waals surface area contributed by atoms with Crippen molar-refractivity contribution in [3.63, 3.8) is 0 Å². The van der Waals surface area contributed by atoms with E-state index in [-0.39, 0.29) is 37.0 Å². The number of aryl methyl sites for hydroxylation is 1. The van der Waals surface area contributed by atoms with Crippen LogP contribution in [-0.4, -0.2) is 47.1 Å². The van der Waals surface area contributed by atoms with Gasteiger partial charge in [-0.15, -0.1) is 0 Å². The van der Waals surface area contributed by atoms with Crippen LogP contribution in [0.4, 0.5) is 4.39 Å². The van der Waals surface area contributed by atoms with Gasteiger partial charge in [-0.3, -0.25) is 9.59 Å². The number of hydrogen-bond acceptors (Lipinski definition) is 3. The molecule has 0 spiro atoms. The van der Waals surface area contributed by atoms with Gasteiger partial charge in [0.2, 0.25) is 5.91 Å². The number of nitrogens with zero attached hydrogens (tertiary/aromatic N) is 1. The van der Waals surface area contributed by atoms with Crippen molar-refractivity contribution < 1.29 is 19.1 Å². The van der Waals surface area contributed by atoms with Gasteiger partial charge in [0, 0.05) is 24.2 Å². The van der Waals surface area contributed by atoms with Crippen molar-refractivity contribution in [3.8, 4) is 0 Å². The average molecular weight is 410 g/mol. The lowest BCUT2D eigenvalue weighted by molar-refractivity contribution is -0.132. The predicted octanol–water partition coefficient (Wildman–Crippen LogP) is 2.85. The number of halogens is 1. The number of nitrogens with one attached hydrogen (secondary N) is 1. The van der Waals surface area contributed by atoms with E-state index in [4.69, 9.17) is 0 Å². The molecule has 0 unspecified atom stereocenters. The van der Waals surface area contributed by atoms with Crippen LogP contribution in [0.15, 0.2) is 48.5 Å². The van der Waals surface area contributed by atoms with Crippen LogP contribution in [-0.2, 0) is 11.2 Å². The maximum atomic E-state index is 13.9. The summed E-state index contributed by atoms with van der Waals surface area (Å²) in [5.74, 6) is -0.767. The number of rotatable bonds is 6. The zero-order valence-corrected chi connectivity index (χ0v) is 17.1. The van der Waals surface area contributed by atoms with Crippen LogP contribution in [0.25, 0.3) is 0 Å². The molecule has 2 bridgehead atoms. The standard InChI is InChI=1S/C24H27FN2O3/c1-16-11-18(13-19(25)12-16)22(29)27-20-7-8-21(27)24(15-20,23(30)26-9-10-28)14-17-5-3-2-4-6-17/h2-6,11-13,20-21,28H,7-10,14-15H2,1H3,(H,26,30)/t20-,21+,24+/m1/s1. The molecular formula is C24H27FN2O3. The summed E-state index contributed by atoms with van der Waals surface area (Å²) < 4.78 is 13.9. The summed E-state index contributed by atoms with van der Waals surface area (Å²) in [6, 6.07) is 13.9. The molecule has 2 aromatic carbocycles. The van der Waals surface area contributed by atoms with E-state index < -0.39 is 11.2 Å². The first kappa shape index (κ1) is 20.5. The maximum absolute atomic E-state index is 13.9. The monoisotopic (exact) mass is 410 g/mol. The van der Waals surface area contributed by atoms with Crippen LogP contribution in [0.2, 0.25) is 0 Å². The van der Waals surface area contributed by atoms with Crippen molar-refractivity contribution in [2.75, 3.05) is 13.2 Å². The van der Waals surface area contributed by atoms with E-state index in [1.807, 2.05) is 35.2 Å². The highest BCUT2D eigenvalue weighted by molar-refractivity contribution is 5.96. The van der Waals surface area contributed by atoms with Crippen LogP contribution in [0.5, 0.6) is 0 Å². The molecule has 0 saturated carbocycles. The zero-order chi connectivity index (χ0) is 21.3. The molecule has 3 atom stereocenters. The number of carbonyl (C=O) groups is 2. The molecular weight excluding hydrogens is 383 g/mol. The normalized spacial score (nSPS) is 24.8. The minimum atomic E-state index is -0.753. The third kappa shape index (κ3) is 3.60. The Bertz CT molecular complexity index is 928. The minimum absolute atomic E-state index is 0.0466. The Labute approximate surface area is 175 Å². The summed E-state index contributed by atoms with van der Waals surface area (Å²) in [5.41, 5.74) is 1.31. The van der Waals surface area contributed by atoms with Gasteiger partial charge in [-0.2, -0.15) is 0 Å².